The van der Waals surface area contributed by atoms with E-state index in [9.17, 15) is 13.5 Å². The van der Waals surface area contributed by atoms with Crippen LogP contribution in [0.4, 0.5) is 0 Å². The van der Waals surface area contributed by atoms with E-state index in [0.717, 1.165) is 18.4 Å². The second kappa shape index (κ2) is 5.59. The predicted molar refractivity (Wildman–Crippen MR) is 74.5 cm³/mol. The van der Waals surface area contributed by atoms with Gasteiger partial charge < -0.3 is 5.11 Å². The van der Waals surface area contributed by atoms with Gasteiger partial charge in [0, 0.05) is 12.5 Å². The molecule has 1 aromatic heterocycles. The zero-order chi connectivity index (χ0) is 14.0. The Morgan fingerprint density at radius 2 is 2.16 bits per heavy atom. The number of aromatic nitrogens is 1. The molecule has 1 fully saturated rings. The Kier molecular flexibility index (Phi) is 4.26. The van der Waals surface area contributed by atoms with Gasteiger partial charge >= 0.3 is 0 Å². The minimum absolute atomic E-state index is 0.0120. The van der Waals surface area contributed by atoms with Crippen LogP contribution in [0.25, 0.3) is 0 Å². The number of aryl methyl sites for hydroxylation is 1. The van der Waals surface area contributed by atoms with Gasteiger partial charge in [-0.15, -0.1) is 0 Å². The van der Waals surface area contributed by atoms with Crippen LogP contribution in [-0.2, 0) is 9.84 Å². The lowest BCUT2D eigenvalue weighted by molar-refractivity contribution is 0.0814. The molecule has 0 aromatic carbocycles. The molecule has 0 aliphatic heterocycles. The summed E-state index contributed by atoms with van der Waals surface area (Å²) in [7, 11) is -3.02. The molecule has 0 spiro atoms. The lowest BCUT2D eigenvalue weighted by atomic mass is 9.83. The van der Waals surface area contributed by atoms with E-state index in [4.69, 9.17) is 0 Å². The first-order chi connectivity index (χ1) is 8.89. The van der Waals surface area contributed by atoms with Crippen molar-refractivity contribution < 1.29 is 13.5 Å². The number of hydrogen-bond donors (Lipinski definition) is 1. The SMILES string of the molecule is Cc1cccnc1C(O)C1CCCC(S(C)(=O)=O)C1. The fourth-order valence-corrected chi connectivity index (χ4v) is 4.08. The van der Waals surface area contributed by atoms with Crippen LogP contribution in [0.3, 0.4) is 0 Å². The van der Waals surface area contributed by atoms with Crippen molar-refractivity contribution in [1.82, 2.24) is 4.98 Å². The monoisotopic (exact) mass is 283 g/mol. The minimum Gasteiger partial charge on any atom is -0.387 e. The molecule has 1 aliphatic rings. The third-order valence-electron chi connectivity index (χ3n) is 4.05. The Morgan fingerprint density at radius 3 is 2.79 bits per heavy atom. The number of aliphatic hydroxyl groups excluding tert-OH is 1. The van der Waals surface area contributed by atoms with Crippen LogP contribution in [0.15, 0.2) is 18.3 Å². The van der Waals surface area contributed by atoms with Crippen molar-refractivity contribution in [3.8, 4) is 0 Å². The molecule has 1 N–H and O–H groups in total. The van der Waals surface area contributed by atoms with E-state index in [1.54, 1.807) is 6.20 Å². The number of aliphatic hydroxyl groups is 1. The lowest BCUT2D eigenvalue weighted by Gasteiger charge is -2.31. The highest BCUT2D eigenvalue weighted by molar-refractivity contribution is 7.91. The molecule has 2 rings (SSSR count). The number of hydrogen-bond acceptors (Lipinski definition) is 4. The van der Waals surface area contributed by atoms with Crippen LogP contribution in [0, 0.1) is 12.8 Å². The Hall–Kier alpha value is -0.940. The summed E-state index contributed by atoms with van der Waals surface area (Å²) in [5.74, 6) is -0.0120. The second-order valence-electron chi connectivity index (χ2n) is 5.53. The molecule has 3 atom stereocenters. The maximum atomic E-state index is 11.7. The zero-order valence-corrected chi connectivity index (χ0v) is 12.2. The second-order valence-corrected chi connectivity index (χ2v) is 7.85. The average molecular weight is 283 g/mol. The molecule has 1 aliphatic carbocycles. The lowest BCUT2D eigenvalue weighted by Crippen LogP contribution is -2.30. The van der Waals surface area contributed by atoms with E-state index in [2.05, 4.69) is 4.98 Å². The van der Waals surface area contributed by atoms with Gasteiger partial charge in [-0.05, 0) is 43.7 Å². The molecule has 0 saturated heterocycles. The van der Waals surface area contributed by atoms with Gasteiger partial charge in [0.1, 0.15) is 9.84 Å². The van der Waals surface area contributed by atoms with Crippen LogP contribution in [0.2, 0.25) is 0 Å². The Bertz CT molecular complexity index is 541. The van der Waals surface area contributed by atoms with Crippen LogP contribution in [0.1, 0.15) is 43.0 Å². The third-order valence-corrected chi connectivity index (χ3v) is 5.69. The molecule has 0 radical (unpaired) electrons. The predicted octanol–water partition coefficient (Wildman–Crippen LogP) is 2.03. The summed E-state index contributed by atoms with van der Waals surface area (Å²) < 4.78 is 23.3. The summed E-state index contributed by atoms with van der Waals surface area (Å²) in [5.41, 5.74) is 1.64. The number of nitrogens with zero attached hydrogens (tertiary/aromatic N) is 1. The van der Waals surface area contributed by atoms with Gasteiger partial charge in [0.2, 0.25) is 0 Å². The largest absolute Gasteiger partial charge is 0.387 e. The van der Waals surface area contributed by atoms with Crippen LogP contribution >= 0.6 is 0 Å². The van der Waals surface area contributed by atoms with Gasteiger partial charge in [-0.2, -0.15) is 0 Å². The Balaban J connectivity index is 2.16. The van der Waals surface area contributed by atoms with Crippen molar-refractivity contribution in [2.24, 2.45) is 5.92 Å². The highest BCUT2D eigenvalue weighted by Crippen LogP contribution is 2.36. The standard InChI is InChI=1S/C14H21NO3S/c1-10-5-4-8-15-13(10)14(16)11-6-3-7-12(9-11)19(2,17)18/h4-5,8,11-12,14,16H,3,6-7,9H2,1-2H3. The zero-order valence-electron chi connectivity index (χ0n) is 11.4. The van der Waals surface area contributed by atoms with Crippen molar-refractivity contribution in [3.63, 3.8) is 0 Å². The minimum atomic E-state index is -3.02. The molecule has 3 unspecified atom stereocenters. The molecule has 1 saturated carbocycles. The van der Waals surface area contributed by atoms with Gasteiger partial charge in [0.25, 0.3) is 0 Å². The molecule has 1 aromatic rings. The molecular weight excluding hydrogens is 262 g/mol. The van der Waals surface area contributed by atoms with Gasteiger partial charge in [-0.3, -0.25) is 4.98 Å². The molecule has 19 heavy (non-hydrogen) atoms. The van der Waals surface area contributed by atoms with Gasteiger partial charge in [-0.1, -0.05) is 12.5 Å². The Morgan fingerprint density at radius 1 is 1.42 bits per heavy atom. The van der Waals surface area contributed by atoms with E-state index >= 15 is 0 Å². The average Bonchev–Trinajstić information content (AvgIpc) is 2.38. The van der Waals surface area contributed by atoms with Crippen molar-refractivity contribution in [1.29, 1.82) is 0 Å². The van der Waals surface area contributed by atoms with Crippen molar-refractivity contribution >= 4 is 9.84 Å². The van der Waals surface area contributed by atoms with E-state index in [1.807, 2.05) is 19.1 Å². The molecule has 5 heteroatoms. The summed E-state index contributed by atoms with van der Waals surface area (Å²) in [6.07, 6.45) is 5.26. The van der Waals surface area contributed by atoms with Crippen LogP contribution < -0.4 is 0 Å². The number of sulfone groups is 1. The van der Waals surface area contributed by atoms with E-state index < -0.39 is 15.9 Å². The van der Waals surface area contributed by atoms with Gasteiger partial charge in [0.15, 0.2) is 0 Å². The highest BCUT2D eigenvalue weighted by atomic mass is 32.2. The smallest absolute Gasteiger partial charge is 0.150 e. The van der Waals surface area contributed by atoms with E-state index in [1.165, 1.54) is 6.26 Å². The summed E-state index contributed by atoms with van der Waals surface area (Å²) in [6.45, 7) is 1.92. The van der Waals surface area contributed by atoms with Crippen LogP contribution in [-0.4, -0.2) is 30.0 Å². The van der Waals surface area contributed by atoms with E-state index in [0.29, 0.717) is 18.5 Å². The molecule has 0 amide bonds. The van der Waals surface area contributed by atoms with Crippen molar-refractivity contribution in [2.45, 2.75) is 44.0 Å². The first-order valence-electron chi connectivity index (χ1n) is 6.68. The van der Waals surface area contributed by atoms with Crippen molar-refractivity contribution in [3.05, 3.63) is 29.6 Å². The highest BCUT2D eigenvalue weighted by Gasteiger charge is 2.33. The summed E-state index contributed by atoms with van der Waals surface area (Å²) in [6, 6.07) is 3.76. The first-order valence-corrected chi connectivity index (χ1v) is 8.63. The fourth-order valence-electron chi connectivity index (χ4n) is 2.89. The molecule has 106 valence electrons. The Labute approximate surface area is 114 Å². The van der Waals surface area contributed by atoms with Gasteiger partial charge in [-0.25, -0.2) is 8.42 Å². The molecule has 1 heterocycles. The maximum absolute atomic E-state index is 11.7. The number of pyridine rings is 1. The summed E-state index contributed by atoms with van der Waals surface area (Å²) in [4.78, 5) is 4.24. The normalized spacial score (nSPS) is 26.1. The fraction of sp³-hybridized carbons (Fsp3) is 0.643. The molecular formula is C14H21NO3S. The topological polar surface area (TPSA) is 67.3 Å². The molecule has 4 nitrogen and oxygen atoms in total. The summed E-state index contributed by atoms with van der Waals surface area (Å²) >= 11 is 0. The maximum Gasteiger partial charge on any atom is 0.150 e. The van der Waals surface area contributed by atoms with Crippen LogP contribution in [0.5, 0.6) is 0 Å². The van der Waals surface area contributed by atoms with E-state index in [-0.39, 0.29) is 11.2 Å². The van der Waals surface area contributed by atoms with Gasteiger partial charge in [0.05, 0.1) is 17.0 Å². The summed E-state index contributed by atoms with van der Waals surface area (Å²) in [5, 5.41) is 10.1. The quantitative estimate of drug-likeness (QED) is 0.921. The first kappa shape index (κ1) is 14.5. The van der Waals surface area contributed by atoms with Crippen molar-refractivity contribution in [2.75, 3.05) is 6.26 Å². The number of rotatable bonds is 3. The third kappa shape index (κ3) is 3.34. The molecule has 0 bridgehead atoms.